The largest absolute Gasteiger partial charge is 0.341 e. The highest BCUT2D eigenvalue weighted by Crippen LogP contribution is 2.35. The minimum Gasteiger partial charge on any atom is -0.341 e. The Kier molecular flexibility index (Phi) is 4.91. The lowest BCUT2D eigenvalue weighted by molar-refractivity contribution is -0.135. The van der Waals surface area contributed by atoms with Crippen molar-refractivity contribution >= 4 is 5.91 Å². The second-order valence-corrected chi connectivity index (χ2v) is 7.35. The van der Waals surface area contributed by atoms with Crippen molar-refractivity contribution in [3.8, 4) is 0 Å². The van der Waals surface area contributed by atoms with Gasteiger partial charge in [0.2, 0.25) is 5.91 Å². The van der Waals surface area contributed by atoms with E-state index < -0.39 is 5.41 Å². The minimum absolute atomic E-state index is 0.0657. The average molecular weight is 340 g/mol. The van der Waals surface area contributed by atoms with Gasteiger partial charge in [0.05, 0.1) is 5.41 Å². The summed E-state index contributed by atoms with van der Waals surface area (Å²) < 4.78 is 13.2. The number of carbonyl (C=O) groups excluding carboxylic acids is 1. The van der Waals surface area contributed by atoms with E-state index in [1.807, 2.05) is 36.9 Å². The molecule has 1 aliphatic heterocycles. The molecule has 132 valence electrons. The van der Waals surface area contributed by atoms with E-state index in [0.717, 1.165) is 5.56 Å². The summed E-state index contributed by atoms with van der Waals surface area (Å²) >= 11 is 0. The van der Waals surface area contributed by atoms with Crippen LogP contribution in [0.2, 0.25) is 0 Å². The molecule has 3 rings (SSSR count). The van der Waals surface area contributed by atoms with Gasteiger partial charge < -0.3 is 10.6 Å². The van der Waals surface area contributed by atoms with Crippen LogP contribution in [0, 0.1) is 11.7 Å². The Hall–Kier alpha value is -2.20. The first-order valence-corrected chi connectivity index (χ1v) is 8.74. The maximum atomic E-state index is 13.2. The summed E-state index contributed by atoms with van der Waals surface area (Å²) in [5, 5.41) is 0. The molecule has 2 atom stereocenters. The molecule has 0 aliphatic carbocycles. The summed E-state index contributed by atoms with van der Waals surface area (Å²) in [4.78, 5) is 15.1. The molecule has 3 nitrogen and oxygen atoms in total. The van der Waals surface area contributed by atoms with E-state index in [1.165, 1.54) is 17.7 Å². The van der Waals surface area contributed by atoms with Crippen LogP contribution in [-0.2, 0) is 10.2 Å². The molecule has 1 fully saturated rings. The van der Waals surface area contributed by atoms with Crippen molar-refractivity contribution in [3.05, 3.63) is 71.5 Å². The van der Waals surface area contributed by atoms with Gasteiger partial charge in [-0.3, -0.25) is 4.79 Å². The van der Waals surface area contributed by atoms with Gasteiger partial charge in [-0.2, -0.15) is 0 Å². The zero-order chi connectivity index (χ0) is 18.0. The lowest BCUT2D eigenvalue weighted by Crippen LogP contribution is -2.42. The van der Waals surface area contributed by atoms with E-state index in [-0.39, 0.29) is 23.6 Å². The van der Waals surface area contributed by atoms with Crippen LogP contribution in [0.4, 0.5) is 4.39 Å². The van der Waals surface area contributed by atoms with Crippen molar-refractivity contribution in [1.82, 2.24) is 4.90 Å². The van der Waals surface area contributed by atoms with Crippen molar-refractivity contribution in [2.45, 2.75) is 25.2 Å². The van der Waals surface area contributed by atoms with E-state index >= 15 is 0 Å². The summed E-state index contributed by atoms with van der Waals surface area (Å²) in [6.45, 7) is 5.70. The molecule has 1 saturated heterocycles. The molecule has 0 saturated carbocycles. The van der Waals surface area contributed by atoms with Crippen molar-refractivity contribution in [2.24, 2.45) is 11.7 Å². The molecule has 0 bridgehead atoms. The Morgan fingerprint density at radius 2 is 1.76 bits per heavy atom. The molecule has 0 unspecified atom stereocenters. The number of carbonyl (C=O) groups is 1. The van der Waals surface area contributed by atoms with Gasteiger partial charge >= 0.3 is 0 Å². The maximum Gasteiger partial charge on any atom is 0.232 e. The fraction of sp³-hybridized carbons (Fsp3) is 0.381. The van der Waals surface area contributed by atoms with Gasteiger partial charge in [0.25, 0.3) is 0 Å². The standard InChI is InChI=1S/C21H25FN2O/c1-21(2,17-8-10-18(22)11-9-17)20(25)24-13-16(12-23)19(14-24)15-6-4-3-5-7-15/h3-11,16,19H,12-14,23H2,1-2H3/t16-,19+/m1/s1. The lowest BCUT2D eigenvalue weighted by Gasteiger charge is -2.30. The number of amides is 1. The van der Waals surface area contributed by atoms with Crippen molar-refractivity contribution < 1.29 is 9.18 Å². The Bertz CT molecular complexity index is 727. The smallest absolute Gasteiger partial charge is 0.232 e. The normalized spacial score (nSPS) is 20.7. The number of hydrogen-bond donors (Lipinski definition) is 1. The second-order valence-electron chi connectivity index (χ2n) is 7.35. The molecule has 0 spiro atoms. The van der Waals surface area contributed by atoms with E-state index in [4.69, 9.17) is 5.73 Å². The van der Waals surface area contributed by atoms with Crippen molar-refractivity contribution in [3.63, 3.8) is 0 Å². The summed E-state index contributed by atoms with van der Waals surface area (Å²) in [5.74, 6) is 0.297. The predicted octanol–water partition coefficient (Wildman–Crippen LogP) is 3.30. The van der Waals surface area contributed by atoms with Crippen LogP contribution >= 0.6 is 0 Å². The van der Waals surface area contributed by atoms with Crippen molar-refractivity contribution in [2.75, 3.05) is 19.6 Å². The number of rotatable bonds is 4. The summed E-state index contributed by atoms with van der Waals surface area (Å²) in [5.41, 5.74) is 7.34. The molecular weight excluding hydrogens is 315 g/mol. The highest BCUT2D eigenvalue weighted by atomic mass is 19.1. The maximum absolute atomic E-state index is 13.2. The van der Waals surface area contributed by atoms with Gasteiger partial charge in [0, 0.05) is 19.0 Å². The molecule has 4 heteroatoms. The molecule has 2 N–H and O–H groups in total. The molecule has 2 aromatic rings. The van der Waals surface area contributed by atoms with Crippen LogP contribution in [0.5, 0.6) is 0 Å². The average Bonchev–Trinajstić information content (AvgIpc) is 3.06. The molecule has 1 amide bonds. The van der Waals surface area contributed by atoms with Crippen LogP contribution < -0.4 is 5.73 Å². The van der Waals surface area contributed by atoms with Crippen LogP contribution in [0.25, 0.3) is 0 Å². The van der Waals surface area contributed by atoms with Gasteiger partial charge in [-0.15, -0.1) is 0 Å². The molecule has 1 aliphatic rings. The number of halogens is 1. The van der Waals surface area contributed by atoms with E-state index in [1.54, 1.807) is 12.1 Å². The molecule has 0 radical (unpaired) electrons. The SMILES string of the molecule is CC(C)(C(=O)N1C[C@@H](CN)[C@H](c2ccccc2)C1)c1ccc(F)cc1. The van der Waals surface area contributed by atoms with Crippen LogP contribution in [0.3, 0.4) is 0 Å². The number of benzene rings is 2. The minimum atomic E-state index is -0.696. The molecule has 2 aromatic carbocycles. The Balaban J connectivity index is 1.81. The lowest BCUT2D eigenvalue weighted by atomic mass is 9.83. The molecule has 25 heavy (non-hydrogen) atoms. The first kappa shape index (κ1) is 17.6. The third-order valence-corrected chi connectivity index (χ3v) is 5.36. The fourth-order valence-corrected chi connectivity index (χ4v) is 3.74. The Morgan fingerprint density at radius 1 is 1.12 bits per heavy atom. The van der Waals surface area contributed by atoms with Gasteiger partial charge in [0.15, 0.2) is 0 Å². The van der Waals surface area contributed by atoms with Gasteiger partial charge in [0.1, 0.15) is 5.82 Å². The first-order valence-electron chi connectivity index (χ1n) is 8.74. The zero-order valence-electron chi connectivity index (χ0n) is 14.8. The zero-order valence-corrected chi connectivity index (χ0v) is 14.8. The fourth-order valence-electron chi connectivity index (χ4n) is 3.74. The quantitative estimate of drug-likeness (QED) is 0.928. The summed E-state index contributed by atoms with van der Waals surface area (Å²) in [6, 6.07) is 16.4. The Morgan fingerprint density at radius 3 is 2.36 bits per heavy atom. The van der Waals surface area contributed by atoms with Crippen LogP contribution in [-0.4, -0.2) is 30.4 Å². The number of nitrogens with zero attached hydrogens (tertiary/aromatic N) is 1. The molecular formula is C21H25FN2O. The number of likely N-dealkylation sites (tertiary alicyclic amines) is 1. The highest BCUT2D eigenvalue weighted by Gasteiger charge is 2.41. The third-order valence-electron chi connectivity index (χ3n) is 5.36. The second kappa shape index (κ2) is 6.96. The predicted molar refractivity (Wildman–Crippen MR) is 97.7 cm³/mol. The topological polar surface area (TPSA) is 46.3 Å². The van der Waals surface area contributed by atoms with Crippen LogP contribution in [0.1, 0.15) is 30.9 Å². The Labute approximate surface area is 148 Å². The van der Waals surface area contributed by atoms with Crippen LogP contribution in [0.15, 0.2) is 54.6 Å². The van der Waals surface area contributed by atoms with E-state index in [0.29, 0.717) is 19.6 Å². The van der Waals surface area contributed by atoms with Gasteiger partial charge in [-0.05, 0) is 49.6 Å². The summed E-state index contributed by atoms with van der Waals surface area (Å²) in [7, 11) is 0. The first-order chi connectivity index (χ1) is 11.9. The van der Waals surface area contributed by atoms with Crippen molar-refractivity contribution in [1.29, 1.82) is 0 Å². The van der Waals surface area contributed by atoms with Gasteiger partial charge in [-0.25, -0.2) is 4.39 Å². The van der Waals surface area contributed by atoms with E-state index in [2.05, 4.69) is 12.1 Å². The van der Waals surface area contributed by atoms with E-state index in [9.17, 15) is 9.18 Å². The third kappa shape index (κ3) is 3.45. The molecule has 0 aromatic heterocycles. The highest BCUT2D eigenvalue weighted by molar-refractivity contribution is 5.87. The van der Waals surface area contributed by atoms with Gasteiger partial charge in [-0.1, -0.05) is 42.5 Å². The molecule has 1 heterocycles. The number of hydrogen-bond acceptors (Lipinski definition) is 2. The monoisotopic (exact) mass is 340 g/mol. The number of nitrogens with two attached hydrogens (primary N) is 1. The summed E-state index contributed by atoms with van der Waals surface area (Å²) in [6.07, 6.45) is 0.